The van der Waals surface area contributed by atoms with E-state index in [0.717, 1.165) is 24.7 Å². The molecule has 1 fully saturated rings. The molecule has 1 N–H and O–H groups in total. The molecule has 0 bridgehead atoms. The number of benzene rings is 1. The van der Waals surface area contributed by atoms with E-state index < -0.39 is 23.6 Å². The average molecular weight is 381 g/mol. The van der Waals surface area contributed by atoms with Gasteiger partial charge in [0.1, 0.15) is 5.82 Å². The number of nitrogens with one attached hydrogen (secondary N) is 1. The lowest BCUT2D eigenvalue weighted by Gasteiger charge is -2.36. The van der Waals surface area contributed by atoms with Gasteiger partial charge in [0.2, 0.25) is 0 Å². The van der Waals surface area contributed by atoms with Crippen molar-refractivity contribution in [3.63, 3.8) is 0 Å². The van der Waals surface area contributed by atoms with E-state index in [4.69, 9.17) is 0 Å². The lowest BCUT2D eigenvalue weighted by Crippen LogP contribution is -2.45. The molecule has 2 nitrogen and oxygen atoms in total. The zero-order valence-corrected chi connectivity index (χ0v) is 14.3. The second-order valence-electron chi connectivity index (χ2n) is 5.47. The van der Waals surface area contributed by atoms with Crippen molar-refractivity contribution in [2.24, 2.45) is 0 Å². The first kappa shape index (κ1) is 19.2. The molecule has 0 unspecified atom stereocenters. The fourth-order valence-corrected chi connectivity index (χ4v) is 3.65. The molecule has 1 saturated heterocycles. The quantitative estimate of drug-likeness (QED) is 0.798. The summed E-state index contributed by atoms with van der Waals surface area (Å²) in [5.74, 6) is -0.870. The Morgan fingerprint density at radius 2 is 1.83 bits per heavy atom. The number of hydrogen-bond acceptors (Lipinski definition) is 3. The van der Waals surface area contributed by atoms with Gasteiger partial charge < -0.3 is 5.32 Å². The Morgan fingerprint density at radius 1 is 1.12 bits per heavy atom. The van der Waals surface area contributed by atoms with Crippen molar-refractivity contribution in [1.82, 2.24) is 10.2 Å². The van der Waals surface area contributed by atoms with Crippen LogP contribution < -0.4 is 5.32 Å². The molecule has 24 heavy (non-hydrogen) atoms. The normalized spacial score (nSPS) is 17.3. The number of halogens is 5. The third-order valence-electron chi connectivity index (χ3n) is 3.99. The molecule has 0 spiro atoms. The zero-order valence-electron chi connectivity index (χ0n) is 12.6. The molecule has 0 aliphatic carbocycles. The highest BCUT2D eigenvalue weighted by Crippen LogP contribution is 2.40. The van der Waals surface area contributed by atoms with E-state index in [1.54, 1.807) is 0 Å². The first-order valence-corrected chi connectivity index (χ1v) is 8.24. The van der Waals surface area contributed by atoms with Crippen LogP contribution in [0.15, 0.2) is 35.0 Å². The van der Waals surface area contributed by atoms with Crippen LogP contribution in [0.25, 0.3) is 0 Å². The number of piperazine rings is 1. The van der Waals surface area contributed by atoms with Crippen molar-refractivity contribution in [1.29, 1.82) is 0 Å². The van der Waals surface area contributed by atoms with Crippen LogP contribution in [0.3, 0.4) is 0 Å². The van der Waals surface area contributed by atoms with E-state index in [0.29, 0.717) is 19.2 Å². The SMILES string of the molecule is Cl.Fc1ccc([C@@H](c2ccsc2)N2CCNCC2)c(C(F)(F)F)c1. The molecule has 1 aromatic carbocycles. The Morgan fingerprint density at radius 3 is 2.42 bits per heavy atom. The Kier molecular flexibility index (Phi) is 6.25. The highest BCUT2D eigenvalue weighted by atomic mass is 35.5. The molecule has 1 aliphatic rings. The van der Waals surface area contributed by atoms with Crippen LogP contribution >= 0.6 is 23.7 Å². The smallest absolute Gasteiger partial charge is 0.314 e. The minimum absolute atomic E-state index is 0. The van der Waals surface area contributed by atoms with Gasteiger partial charge in [0.05, 0.1) is 11.6 Å². The lowest BCUT2D eigenvalue weighted by molar-refractivity contribution is -0.138. The summed E-state index contributed by atoms with van der Waals surface area (Å²) in [7, 11) is 0. The monoisotopic (exact) mass is 380 g/mol. The van der Waals surface area contributed by atoms with E-state index >= 15 is 0 Å². The second-order valence-corrected chi connectivity index (χ2v) is 6.25. The van der Waals surface area contributed by atoms with Crippen LogP contribution in [-0.4, -0.2) is 31.1 Å². The molecule has 8 heteroatoms. The van der Waals surface area contributed by atoms with Crippen molar-refractivity contribution in [2.75, 3.05) is 26.2 Å². The number of nitrogens with zero attached hydrogens (tertiary/aromatic N) is 1. The fourth-order valence-electron chi connectivity index (χ4n) is 2.97. The van der Waals surface area contributed by atoms with E-state index in [1.807, 2.05) is 21.7 Å². The number of rotatable bonds is 3. The Hall–Kier alpha value is -1.15. The summed E-state index contributed by atoms with van der Waals surface area (Å²) in [5, 5.41) is 6.90. The summed E-state index contributed by atoms with van der Waals surface area (Å²) in [6.45, 7) is 2.75. The standard InChI is InChI=1S/C16H16F4N2S.ClH/c17-12-1-2-13(14(9-12)16(18,19)20)15(11-3-8-23-10-11)22-6-4-21-5-7-22;/h1-3,8-10,15,21H,4-7H2;1H/t15-;/m1./s1. The van der Waals surface area contributed by atoms with Crippen LogP contribution in [-0.2, 0) is 6.18 Å². The van der Waals surface area contributed by atoms with Gasteiger partial charge in [-0.1, -0.05) is 6.07 Å². The van der Waals surface area contributed by atoms with Gasteiger partial charge in [-0.15, -0.1) is 12.4 Å². The second kappa shape index (κ2) is 7.82. The summed E-state index contributed by atoms with van der Waals surface area (Å²) in [6, 6.07) is 4.28. The number of hydrogen-bond donors (Lipinski definition) is 1. The Balaban J connectivity index is 0.00000208. The molecule has 2 heterocycles. The Labute approximate surface area is 147 Å². The van der Waals surface area contributed by atoms with E-state index in [9.17, 15) is 17.6 Å². The highest BCUT2D eigenvalue weighted by Gasteiger charge is 2.37. The van der Waals surface area contributed by atoms with E-state index in [-0.39, 0.29) is 18.0 Å². The van der Waals surface area contributed by atoms with Gasteiger partial charge in [0, 0.05) is 26.2 Å². The van der Waals surface area contributed by atoms with Crippen molar-refractivity contribution < 1.29 is 17.6 Å². The highest BCUT2D eigenvalue weighted by molar-refractivity contribution is 7.08. The first-order chi connectivity index (χ1) is 11.0. The van der Waals surface area contributed by atoms with Crippen LogP contribution in [0.2, 0.25) is 0 Å². The summed E-state index contributed by atoms with van der Waals surface area (Å²) in [5.41, 5.74) is 0.0282. The molecule has 132 valence electrons. The van der Waals surface area contributed by atoms with Crippen LogP contribution in [0.5, 0.6) is 0 Å². The van der Waals surface area contributed by atoms with Gasteiger partial charge >= 0.3 is 6.18 Å². The molecular weight excluding hydrogens is 364 g/mol. The van der Waals surface area contributed by atoms with Crippen LogP contribution in [0.4, 0.5) is 17.6 Å². The van der Waals surface area contributed by atoms with Crippen molar-refractivity contribution >= 4 is 23.7 Å². The predicted octanol–water partition coefficient (Wildman–Crippen LogP) is 4.32. The van der Waals surface area contributed by atoms with E-state index in [1.165, 1.54) is 17.4 Å². The Bertz CT molecular complexity index is 655. The van der Waals surface area contributed by atoms with Gasteiger partial charge in [0.15, 0.2) is 0 Å². The maximum Gasteiger partial charge on any atom is 0.416 e. The summed E-state index contributed by atoms with van der Waals surface area (Å²) < 4.78 is 53.6. The zero-order chi connectivity index (χ0) is 16.4. The summed E-state index contributed by atoms with van der Waals surface area (Å²) >= 11 is 1.45. The molecule has 3 rings (SSSR count). The van der Waals surface area contributed by atoms with E-state index in [2.05, 4.69) is 5.32 Å². The predicted molar refractivity (Wildman–Crippen MR) is 89.3 cm³/mol. The minimum atomic E-state index is -4.58. The average Bonchev–Trinajstić information content (AvgIpc) is 3.03. The third-order valence-corrected chi connectivity index (χ3v) is 4.69. The summed E-state index contributed by atoms with van der Waals surface area (Å²) in [6.07, 6.45) is -4.58. The fraction of sp³-hybridized carbons (Fsp3) is 0.375. The van der Waals surface area contributed by atoms with Gasteiger partial charge in [-0.2, -0.15) is 24.5 Å². The number of alkyl halides is 3. The molecule has 2 aromatic rings. The first-order valence-electron chi connectivity index (χ1n) is 7.30. The molecule has 1 aliphatic heterocycles. The lowest BCUT2D eigenvalue weighted by atomic mass is 9.93. The molecular formula is C16H17ClF4N2S. The molecule has 1 aromatic heterocycles. The van der Waals surface area contributed by atoms with Gasteiger partial charge in [-0.05, 0) is 40.1 Å². The van der Waals surface area contributed by atoms with Crippen LogP contribution in [0.1, 0.15) is 22.7 Å². The number of thiophene rings is 1. The molecule has 0 saturated carbocycles. The third kappa shape index (κ3) is 4.08. The van der Waals surface area contributed by atoms with Gasteiger partial charge in [0.25, 0.3) is 0 Å². The molecule has 1 atom stereocenters. The van der Waals surface area contributed by atoms with Crippen molar-refractivity contribution in [2.45, 2.75) is 12.2 Å². The minimum Gasteiger partial charge on any atom is -0.314 e. The van der Waals surface area contributed by atoms with Crippen molar-refractivity contribution in [3.8, 4) is 0 Å². The maximum atomic E-state index is 13.4. The molecule has 0 amide bonds. The topological polar surface area (TPSA) is 15.3 Å². The molecule has 0 radical (unpaired) electrons. The largest absolute Gasteiger partial charge is 0.416 e. The van der Waals surface area contributed by atoms with Gasteiger partial charge in [-0.25, -0.2) is 4.39 Å². The summed E-state index contributed by atoms with van der Waals surface area (Å²) in [4.78, 5) is 2.01. The van der Waals surface area contributed by atoms with Gasteiger partial charge in [-0.3, -0.25) is 4.90 Å². The maximum absolute atomic E-state index is 13.4. The van der Waals surface area contributed by atoms with Crippen LogP contribution in [0, 0.1) is 5.82 Å². The van der Waals surface area contributed by atoms with Crippen molar-refractivity contribution in [3.05, 3.63) is 57.5 Å².